The van der Waals surface area contributed by atoms with Crippen molar-refractivity contribution in [1.29, 1.82) is 0 Å². The van der Waals surface area contributed by atoms with Crippen LogP contribution >= 0.6 is 0 Å². The van der Waals surface area contributed by atoms with E-state index in [2.05, 4.69) is 6.58 Å². The molecule has 1 aromatic carbocycles. The summed E-state index contributed by atoms with van der Waals surface area (Å²) in [7, 11) is 0. The molecule has 0 aliphatic carbocycles. The summed E-state index contributed by atoms with van der Waals surface area (Å²) < 4.78 is 4.81. The zero-order chi connectivity index (χ0) is 8.10. The van der Waals surface area contributed by atoms with Crippen LogP contribution < -0.4 is 4.74 Å². The Kier molecular flexibility index (Phi) is 6.60. The van der Waals surface area contributed by atoms with Gasteiger partial charge in [0, 0.05) is 57.5 Å². The average Bonchev–Trinajstić information content (AvgIpc) is 2.06. The van der Waals surface area contributed by atoms with Crippen LogP contribution in [0.4, 0.5) is 0 Å². The molecule has 0 aromatic heterocycles. The summed E-state index contributed by atoms with van der Waals surface area (Å²) in [5.41, 5.74) is 0. The molecule has 0 bridgehead atoms. The fourth-order valence-electron chi connectivity index (χ4n) is 0.646. The third kappa shape index (κ3) is 4.18. The molecule has 0 saturated heterocycles. The summed E-state index contributed by atoms with van der Waals surface area (Å²) >= 11 is 0. The van der Waals surface area contributed by atoms with E-state index in [0.717, 1.165) is 6.08 Å². The van der Waals surface area contributed by atoms with Crippen molar-refractivity contribution in [3.8, 4) is 5.75 Å². The number of hydrogen-bond acceptors (Lipinski definition) is 2. The van der Waals surface area contributed by atoms with Gasteiger partial charge in [-0.25, -0.2) is 4.79 Å². The molecule has 0 saturated carbocycles. The first-order valence-corrected chi connectivity index (χ1v) is 3.22. The van der Waals surface area contributed by atoms with Gasteiger partial charge in [0.25, 0.3) is 0 Å². The van der Waals surface area contributed by atoms with Gasteiger partial charge in [-0.15, -0.1) is 0 Å². The molecule has 0 aliphatic rings. The van der Waals surface area contributed by atoms with Crippen molar-refractivity contribution in [2.24, 2.45) is 0 Å². The second-order valence-electron chi connectivity index (χ2n) is 1.94. The van der Waals surface area contributed by atoms with Crippen LogP contribution in [-0.4, -0.2) is 57.4 Å². The Morgan fingerprint density at radius 2 is 1.92 bits per heavy atom. The number of rotatable bonds is 2. The molecule has 0 heterocycles. The van der Waals surface area contributed by atoms with Crippen molar-refractivity contribution in [1.82, 2.24) is 0 Å². The molecule has 2 nitrogen and oxygen atoms in total. The third-order valence-corrected chi connectivity index (χ3v) is 1.13. The van der Waals surface area contributed by atoms with Gasteiger partial charge in [-0.1, -0.05) is 24.8 Å². The van der Waals surface area contributed by atoms with E-state index in [0.29, 0.717) is 5.75 Å². The summed E-state index contributed by atoms with van der Waals surface area (Å²) in [6.45, 7) is 3.28. The Hall–Kier alpha value is 0.0664. The van der Waals surface area contributed by atoms with Crippen LogP contribution in [0.3, 0.4) is 0 Å². The molecule has 0 aliphatic heterocycles. The topological polar surface area (TPSA) is 26.3 Å². The molecule has 0 fully saturated rings. The van der Waals surface area contributed by atoms with Crippen molar-refractivity contribution in [2.75, 3.05) is 0 Å². The number of carbonyl (C=O) groups is 1. The fraction of sp³-hybridized carbons (Fsp3) is 0. The normalized spacial score (nSPS) is 8.00. The van der Waals surface area contributed by atoms with E-state index >= 15 is 0 Å². The molecular formula is C9H8KO2. The first-order chi connectivity index (χ1) is 5.33. The van der Waals surface area contributed by atoms with Gasteiger partial charge in [0.15, 0.2) is 0 Å². The third-order valence-electron chi connectivity index (χ3n) is 1.13. The Morgan fingerprint density at radius 1 is 1.33 bits per heavy atom. The predicted molar refractivity (Wildman–Crippen MR) is 48.0 cm³/mol. The standard InChI is InChI=1S/C9H8O2.K/c1-2-9(10)11-8-6-4-3-5-7-8;/h2-7H,1H2;. The largest absolute Gasteiger partial charge is 0.423 e. The minimum atomic E-state index is -0.434. The molecule has 0 amide bonds. The second-order valence-corrected chi connectivity index (χ2v) is 1.94. The quantitative estimate of drug-likeness (QED) is 0.303. The van der Waals surface area contributed by atoms with Crippen LogP contribution in [0.15, 0.2) is 43.0 Å². The summed E-state index contributed by atoms with van der Waals surface area (Å²) in [5.74, 6) is 0.105. The smallest absolute Gasteiger partial charge is 0.335 e. The van der Waals surface area contributed by atoms with Gasteiger partial charge in [0.2, 0.25) is 0 Å². The number of ether oxygens (including phenoxy) is 1. The maximum Gasteiger partial charge on any atom is 0.335 e. The molecule has 12 heavy (non-hydrogen) atoms. The minimum absolute atomic E-state index is 0. The van der Waals surface area contributed by atoms with Crippen LogP contribution in [0.5, 0.6) is 5.75 Å². The Labute approximate surface area is 114 Å². The first-order valence-electron chi connectivity index (χ1n) is 3.22. The Bertz CT molecular complexity index is 256. The van der Waals surface area contributed by atoms with Crippen LogP contribution in [0.2, 0.25) is 0 Å². The van der Waals surface area contributed by atoms with E-state index in [9.17, 15) is 4.79 Å². The maximum absolute atomic E-state index is 10.6. The maximum atomic E-state index is 10.6. The van der Waals surface area contributed by atoms with Gasteiger partial charge < -0.3 is 4.74 Å². The van der Waals surface area contributed by atoms with Crippen LogP contribution in [0.1, 0.15) is 0 Å². The van der Waals surface area contributed by atoms with Crippen LogP contribution in [0.25, 0.3) is 0 Å². The van der Waals surface area contributed by atoms with E-state index in [1.54, 1.807) is 24.3 Å². The molecule has 0 N–H and O–H groups in total. The van der Waals surface area contributed by atoms with Crippen molar-refractivity contribution in [3.05, 3.63) is 43.0 Å². The number of benzene rings is 1. The number of carbonyl (C=O) groups excluding carboxylic acids is 1. The number of hydrogen-bond donors (Lipinski definition) is 0. The summed E-state index contributed by atoms with van der Waals surface area (Å²) in [5, 5.41) is 0. The molecule has 1 rings (SSSR count). The van der Waals surface area contributed by atoms with Crippen LogP contribution in [0, 0.1) is 0 Å². The predicted octanol–water partition coefficient (Wildman–Crippen LogP) is 1.40. The molecular weight excluding hydrogens is 179 g/mol. The van der Waals surface area contributed by atoms with Gasteiger partial charge >= 0.3 is 5.97 Å². The van der Waals surface area contributed by atoms with E-state index in [1.807, 2.05) is 6.07 Å². The zero-order valence-electron chi connectivity index (χ0n) is 6.99. The van der Waals surface area contributed by atoms with E-state index in [4.69, 9.17) is 4.74 Å². The monoisotopic (exact) mass is 187 g/mol. The van der Waals surface area contributed by atoms with Gasteiger partial charge in [0.1, 0.15) is 5.75 Å². The Morgan fingerprint density at radius 3 is 2.42 bits per heavy atom. The van der Waals surface area contributed by atoms with Crippen molar-refractivity contribution in [2.45, 2.75) is 0 Å². The fourth-order valence-corrected chi connectivity index (χ4v) is 0.646. The van der Waals surface area contributed by atoms with Crippen molar-refractivity contribution < 1.29 is 9.53 Å². The SMILES string of the molecule is C=CC(=O)Oc1ccccc1.[K]. The van der Waals surface area contributed by atoms with Crippen LogP contribution in [-0.2, 0) is 4.79 Å². The second kappa shape index (κ2) is 6.57. The molecule has 57 valence electrons. The van der Waals surface area contributed by atoms with Crippen molar-refractivity contribution in [3.63, 3.8) is 0 Å². The van der Waals surface area contributed by atoms with Gasteiger partial charge in [-0.3, -0.25) is 0 Å². The van der Waals surface area contributed by atoms with E-state index in [1.165, 1.54) is 0 Å². The minimum Gasteiger partial charge on any atom is -0.423 e. The molecule has 0 atom stereocenters. The molecule has 0 unspecified atom stereocenters. The molecule has 0 spiro atoms. The summed E-state index contributed by atoms with van der Waals surface area (Å²) in [4.78, 5) is 10.6. The number of esters is 1. The first kappa shape index (κ1) is 12.1. The average molecular weight is 187 g/mol. The van der Waals surface area contributed by atoms with Crippen molar-refractivity contribution >= 4 is 57.4 Å². The summed E-state index contributed by atoms with van der Waals surface area (Å²) in [6, 6.07) is 8.87. The van der Waals surface area contributed by atoms with Gasteiger partial charge in [-0.05, 0) is 12.1 Å². The van der Waals surface area contributed by atoms with Gasteiger partial charge in [0.05, 0.1) is 0 Å². The molecule has 3 heteroatoms. The molecule has 1 aromatic rings. The van der Waals surface area contributed by atoms with E-state index in [-0.39, 0.29) is 51.4 Å². The summed E-state index contributed by atoms with van der Waals surface area (Å²) in [6.07, 6.45) is 1.13. The number of para-hydroxylation sites is 1. The zero-order valence-corrected chi connectivity index (χ0v) is 10.1. The van der Waals surface area contributed by atoms with E-state index < -0.39 is 5.97 Å². The molecule has 1 radical (unpaired) electrons. The Balaban J connectivity index is 0.00000121. The van der Waals surface area contributed by atoms with Gasteiger partial charge in [-0.2, -0.15) is 0 Å².